The first-order chi connectivity index (χ1) is 8.16. The Hall–Kier alpha value is -0.540. The summed E-state index contributed by atoms with van der Waals surface area (Å²) in [5, 5.41) is 3.36. The number of hydrogen-bond acceptors (Lipinski definition) is 2. The van der Waals surface area contributed by atoms with Crippen molar-refractivity contribution in [2.45, 2.75) is 32.2 Å². The topological polar surface area (TPSA) is 21.3 Å². The summed E-state index contributed by atoms with van der Waals surface area (Å²) >= 11 is 3.42. The maximum Gasteiger partial charge on any atom is 0.119 e. The van der Waals surface area contributed by atoms with E-state index in [1.165, 1.54) is 12.8 Å². The number of hydrogen-bond donors (Lipinski definition) is 1. The highest BCUT2D eigenvalue weighted by Crippen LogP contribution is 2.51. The van der Waals surface area contributed by atoms with Crippen LogP contribution in [-0.2, 0) is 0 Å². The molecular weight excluding hydrogens is 278 g/mol. The largest absolute Gasteiger partial charge is 0.494 e. The molecule has 0 aromatic heterocycles. The zero-order valence-corrected chi connectivity index (χ0v) is 12.1. The second-order valence-corrected chi connectivity index (χ2v) is 5.84. The highest BCUT2D eigenvalue weighted by molar-refractivity contribution is 9.10. The van der Waals surface area contributed by atoms with Gasteiger partial charge in [-0.2, -0.15) is 0 Å². The van der Waals surface area contributed by atoms with E-state index in [-0.39, 0.29) is 0 Å². The zero-order valence-electron chi connectivity index (χ0n) is 10.5. The van der Waals surface area contributed by atoms with Gasteiger partial charge in [0.2, 0.25) is 0 Å². The highest BCUT2D eigenvalue weighted by atomic mass is 79.9. The standard InChI is InChI=1S/C14H20BrNO/c1-11(16-2)14(7-8-14)9-10-17-13-5-3-12(15)4-6-13/h3-6,11,16H,7-10H2,1-2H3. The van der Waals surface area contributed by atoms with E-state index in [9.17, 15) is 0 Å². The van der Waals surface area contributed by atoms with Crippen molar-refractivity contribution in [2.24, 2.45) is 5.41 Å². The molecule has 1 fully saturated rings. The average molecular weight is 298 g/mol. The molecule has 0 amide bonds. The predicted molar refractivity (Wildman–Crippen MR) is 74.4 cm³/mol. The summed E-state index contributed by atoms with van der Waals surface area (Å²) in [7, 11) is 2.04. The Labute approximate surface area is 112 Å². The van der Waals surface area contributed by atoms with Crippen LogP contribution in [0.3, 0.4) is 0 Å². The van der Waals surface area contributed by atoms with Gasteiger partial charge in [0.25, 0.3) is 0 Å². The van der Waals surface area contributed by atoms with E-state index in [1.54, 1.807) is 0 Å². The third kappa shape index (κ3) is 3.23. The van der Waals surface area contributed by atoms with Crippen LogP contribution in [0.1, 0.15) is 26.2 Å². The molecule has 1 unspecified atom stereocenters. The summed E-state index contributed by atoms with van der Waals surface area (Å²) in [6.45, 7) is 3.08. The van der Waals surface area contributed by atoms with E-state index >= 15 is 0 Å². The van der Waals surface area contributed by atoms with Crippen molar-refractivity contribution in [3.8, 4) is 5.75 Å². The molecule has 1 atom stereocenters. The van der Waals surface area contributed by atoms with Gasteiger partial charge in [-0.25, -0.2) is 0 Å². The maximum absolute atomic E-state index is 5.78. The Morgan fingerprint density at radius 2 is 2.00 bits per heavy atom. The number of halogens is 1. The van der Waals surface area contributed by atoms with Crippen molar-refractivity contribution in [1.82, 2.24) is 5.32 Å². The van der Waals surface area contributed by atoms with E-state index in [4.69, 9.17) is 4.74 Å². The SMILES string of the molecule is CNC(C)C1(CCOc2ccc(Br)cc2)CC1. The highest BCUT2D eigenvalue weighted by Gasteiger charge is 2.46. The maximum atomic E-state index is 5.78. The molecule has 1 aliphatic carbocycles. The van der Waals surface area contributed by atoms with Crippen LogP contribution in [0.15, 0.2) is 28.7 Å². The molecule has 94 valence electrons. The molecule has 2 rings (SSSR count). The van der Waals surface area contributed by atoms with Crippen molar-refractivity contribution in [2.75, 3.05) is 13.7 Å². The number of benzene rings is 1. The van der Waals surface area contributed by atoms with Crippen LogP contribution in [0.2, 0.25) is 0 Å². The minimum absolute atomic E-state index is 0.490. The molecular formula is C14H20BrNO. The van der Waals surface area contributed by atoms with Crippen molar-refractivity contribution < 1.29 is 4.74 Å². The van der Waals surface area contributed by atoms with Gasteiger partial charge in [0.05, 0.1) is 6.61 Å². The molecule has 0 spiro atoms. The summed E-state index contributed by atoms with van der Waals surface area (Å²) in [6.07, 6.45) is 3.81. The second-order valence-electron chi connectivity index (χ2n) is 4.93. The number of rotatable bonds is 6. The Morgan fingerprint density at radius 3 is 2.53 bits per heavy atom. The summed E-state index contributed by atoms with van der Waals surface area (Å²) in [5.41, 5.74) is 0.490. The lowest BCUT2D eigenvalue weighted by atomic mass is 9.94. The van der Waals surface area contributed by atoms with Crippen LogP contribution >= 0.6 is 15.9 Å². The Kier molecular flexibility index (Phi) is 4.10. The molecule has 3 heteroatoms. The van der Waals surface area contributed by atoms with Gasteiger partial charge >= 0.3 is 0 Å². The van der Waals surface area contributed by atoms with Gasteiger partial charge in [0, 0.05) is 10.5 Å². The first-order valence-electron chi connectivity index (χ1n) is 6.22. The molecule has 17 heavy (non-hydrogen) atoms. The number of nitrogens with one attached hydrogen (secondary N) is 1. The fourth-order valence-electron chi connectivity index (χ4n) is 2.27. The van der Waals surface area contributed by atoms with Gasteiger partial charge in [-0.3, -0.25) is 0 Å². The minimum Gasteiger partial charge on any atom is -0.494 e. The molecule has 0 bridgehead atoms. The van der Waals surface area contributed by atoms with Gasteiger partial charge in [0.1, 0.15) is 5.75 Å². The van der Waals surface area contributed by atoms with Crippen LogP contribution < -0.4 is 10.1 Å². The third-order valence-corrected chi connectivity index (χ3v) is 4.45. The lowest BCUT2D eigenvalue weighted by Gasteiger charge is -2.22. The minimum atomic E-state index is 0.490. The lowest BCUT2D eigenvalue weighted by molar-refractivity contribution is 0.242. The van der Waals surface area contributed by atoms with E-state index < -0.39 is 0 Å². The van der Waals surface area contributed by atoms with Gasteiger partial charge in [-0.05, 0) is 62.9 Å². The normalized spacial score (nSPS) is 18.8. The second kappa shape index (κ2) is 5.40. The smallest absolute Gasteiger partial charge is 0.119 e. The molecule has 1 aliphatic rings. The summed E-state index contributed by atoms with van der Waals surface area (Å²) in [4.78, 5) is 0. The molecule has 1 aromatic carbocycles. The van der Waals surface area contributed by atoms with Crippen LogP contribution in [0.5, 0.6) is 5.75 Å². The molecule has 0 saturated heterocycles. The Balaban J connectivity index is 1.78. The molecule has 2 nitrogen and oxygen atoms in total. The fourth-order valence-corrected chi connectivity index (χ4v) is 2.53. The third-order valence-electron chi connectivity index (χ3n) is 3.93. The summed E-state index contributed by atoms with van der Waals surface area (Å²) in [5.74, 6) is 0.959. The predicted octanol–water partition coefficient (Wildman–Crippen LogP) is 3.61. The average Bonchev–Trinajstić information content (AvgIpc) is 3.12. The van der Waals surface area contributed by atoms with Gasteiger partial charge in [-0.1, -0.05) is 15.9 Å². The number of ether oxygens (including phenoxy) is 1. The van der Waals surface area contributed by atoms with E-state index in [2.05, 4.69) is 28.2 Å². The first kappa shape index (κ1) is 12.9. The van der Waals surface area contributed by atoms with E-state index in [0.717, 1.165) is 23.2 Å². The molecule has 0 heterocycles. The van der Waals surface area contributed by atoms with Crippen molar-refractivity contribution in [3.63, 3.8) is 0 Å². The first-order valence-corrected chi connectivity index (χ1v) is 7.01. The van der Waals surface area contributed by atoms with Gasteiger partial charge in [0.15, 0.2) is 0 Å². The van der Waals surface area contributed by atoms with Crippen LogP contribution in [0, 0.1) is 5.41 Å². The Bertz CT molecular complexity index is 359. The quantitative estimate of drug-likeness (QED) is 0.866. The molecule has 0 radical (unpaired) electrons. The lowest BCUT2D eigenvalue weighted by Crippen LogP contribution is -2.32. The van der Waals surface area contributed by atoms with Crippen molar-refractivity contribution in [1.29, 1.82) is 0 Å². The fraction of sp³-hybridized carbons (Fsp3) is 0.571. The van der Waals surface area contributed by atoms with E-state index in [1.807, 2.05) is 31.3 Å². The van der Waals surface area contributed by atoms with Crippen LogP contribution in [-0.4, -0.2) is 19.7 Å². The van der Waals surface area contributed by atoms with Crippen LogP contribution in [0.25, 0.3) is 0 Å². The van der Waals surface area contributed by atoms with Gasteiger partial charge in [-0.15, -0.1) is 0 Å². The van der Waals surface area contributed by atoms with Gasteiger partial charge < -0.3 is 10.1 Å². The molecule has 1 aromatic rings. The monoisotopic (exact) mass is 297 g/mol. The molecule has 1 saturated carbocycles. The van der Waals surface area contributed by atoms with Crippen LogP contribution in [0.4, 0.5) is 0 Å². The van der Waals surface area contributed by atoms with E-state index in [0.29, 0.717) is 11.5 Å². The molecule has 1 N–H and O–H groups in total. The summed E-state index contributed by atoms with van der Waals surface area (Å²) in [6, 6.07) is 8.63. The Morgan fingerprint density at radius 1 is 1.35 bits per heavy atom. The zero-order chi connectivity index (χ0) is 12.3. The molecule has 0 aliphatic heterocycles. The summed E-state index contributed by atoms with van der Waals surface area (Å²) < 4.78 is 6.87. The van der Waals surface area contributed by atoms with Crippen molar-refractivity contribution in [3.05, 3.63) is 28.7 Å². The van der Waals surface area contributed by atoms with Crippen molar-refractivity contribution >= 4 is 15.9 Å².